The molecule has 1 aliphatic carbocycles. The monoisotopic (exact) mass is 184 g/mol. The Bertz CT molecular complexity index is 164. The van der Waals surface area contributed by atoms with Crippen molar-refractivity contribution >= 4 is 0 Å². The van der Waals surface area contributed by atoms with Crippen molar-refractivity contribution in [1.82, 2.24) is 4.90 Å². The molecule has 13 heavy (non-hydrogen) atoms. The van der Waals surface area contributed by atoms with Gasteiger partial charge in [0.05, 0.1) is 6.61 Å². The van der Waals surface area contributed by atoms with Crippen molar-refractivity contribution in [2.24, 2.45) is 11.7 Å². The molecule has 0 bridgehead atoms. The Morgan fingerprint density at radius 3 is 2.69 bits per heavy atom. The van der Waals surface area contributed by atoms with Crippen LogP contribution in [0.4, 0.5) is 0 Å². The van der Waals surface area contributed by atoms with Gasteiger partial charge in [-0.25, -0.2) is 0 Å². The van der Waals surface area contributed by atoms with E-state index in [1.165, 1.54) is 19.3 Å². The van der Waals surface area contributed by atoms with Gasteiger partial charge in [0.2, 0.25) is 0 Å². The van der Waals surface area contributed by atoms with E-state index in [1.54, 1.807) is 0 Å². The molecule has 1 saturated heterocycles. The van der Waals surface area contributed by atoms with Gasteiger partial charge in [-0.2, -0.15) is 0 Å². The van der Waals surface area contributed by atoms with E-state index in [4.69, 9.17) is 10.5 Å². The number of hydrogen-bond donors (Lipinski definition) is 1. The third-order valence-electron chi connectivity index (χ3n) is 3.41. The molecule has 2 aliphatic rings. The van der Waals surface area contributed by atoms with Crippen molar-refractivity contribution in [2.45, 2.75) is 31.3 Å². The average Bonchev–Trinajstić information content (AvgIpc) is 2.83. The quantitative estimate of drug-likeness (QED) is 0.689. The summed E-state index contributed by atoms with van der Waals surface area (Å²) in [5.74, 6) is 0.871. The molecule has 2 N–H and O–H groups in total. The van der Waals surface area contributed by atoms with Crippen molar-refractivity contribution in [1.29, 1.82) is 0 Å². The average molecular weight is 184 g/mol. The fourth-order valence-electron chi connectivity index (χ4n) is 2.29. The minimum absolute atomic E-state index is 0.603. The summed E-state index contributed by atoms with van der Waals surface area (Å²) >= 11 is 0. The van der Waals surface area contributed by atoms with Gasteiger partial charge in [-0.05, 0) is 32.2 Å². The number of likely N-dealkylation sites (N-methyl/N-ethyl adjacent to an activating group) is 1. The van der Waals surface area contributed by atoms with E-state index in [0.29, 0.717) is 12.1 Å². The maximum atomic E-state index is 5.80. The van der Waals surface area contributed by atoms with Gasteiger partial charge in [0.1, 0.15) is 0 Å². The first kappa shape index (κ1) is 9.44. The number of hydrogen-bond acceptors (Lipinski definition) is 3. The van der Waals surface area contributed by atoms with Crippen LogP contribution in [-0.4, -0.2) is 43.8 Å². The standard InChI is InChI=1S/C10H20N2O/c1-12(9-4-5-13-7-9)10(6-11)8-2-3-8/h8-10H,2-7,11H2,1H3. The molecule has 0 spiro atoms. The summed E-state index contributed by atoms with van der Waals surface area (Å²) in [5, 5.41) is 0. The molecule has 0 aromatic heterocycles. The van der Waals surface area contributed by atoms with E-state index in [-0.39, 0.29) is 0 Å². The van der Waals surface area contributed by atoms with Gasteiger partial charge in [-0.1, -0.05) is 0 Å². The highest BCUT2D eigenvalue weighted by Crippen LogP contribution is 2.35. The lowest BCUT2D eigenvalue weighted by molar-refractivity contribution is 0.125. The van der Waals surface area contributed by atoms with E-state index in [0.717, 1.165) is 25.7 Å². The maximum absolute atomic E-state index is 5.80. The van der Waals surface area contributed by atoms with Gasteiger partial charge in [-0.15, -0.1) is 0 Å². The zero-order valence-corrected chi connectivity index (χ0v) is 8.41. The molecule has 0 amide bonds. The number of nitrogens with zero attached hydrogens (tertiary/aromatic N) is 1. The highest BCUT2D eigenvalue weighted by atomic mass is 16.5. The number of nitrogens with two attached hydrogens (primary N) is 1. The first-order valence-electron chi connectivity index (χ1n) is 5.32. The van der Waals surface area contributed by atoms with Crippen molar-refractivity contribution < 1.29 is 4.74 Å². The minimum Gasteiger partial charge on any atom is -0.380 e. The predicted octanol–water partition coefficient (Wildman–Crippen LogP) is 0.444. The van der Waals surface area contributed by atoms with E-state index in [1.807, 2.05) is 0 Å². The Morgan fingerprint density at radius 2 is 2.23 bits per heavy atom. The van der Waals surface area contributed by atoms with Crippen LogP contribution in [0.15, 0.2) is 0 Å². The molecule has 3 nitrogen and oxygen atoms in total. The Kier molecular flexibility index (Phi) is 2.86. The molecule has 1 saturated carbocycles. The predicted molar refractivity (Wildman–Crippen MR) is 52.6 cm³/mol. The van der Waals surface area contributed by atoms with Crippen LogP contribution in [-0.2, 0) is 4.74 Å². The molecule has 2 unspecified atom stereocenters. The van der Waals surface area contributed by atoms with Crippen molar-refractivity contribution in [3.63, 3.8) is 0 Å². The lowest BCUT2D eigenvalue weighted by atomic mass is 10.1. The molecule has 0 radical (unpaired) electrons. The molecule has 76 valence electrons. The largest absolute Gasteiger partial charge is 0.380 e. The molecule has 1 heterocycles. The van der Waals surface area contributed by atoms with Crippen LogP contribution in [0.5, 0.6) is 0 Å². The summed E-state index contributed by atoms with van der Waals surface area (Å²) in [6.07, 6.45) is 3.93. The van der Waals surface area contributed by atoms with E-state index < -0.39 is 0 Å². The van der Waals surface area contributed by atoms with Gasteiger partial charge in [0.15, 0.2) is 0 Å². The zero-order valence-electron chi connectivity index (χ0n) is 8.41. The van der Waals surface area contributed by atoms with Gasteiger partial charge in [-0.3, -0.25) is 4.90 Å². The minimum atomic E-state index is 0.603. The molecule has 2 fully saturated rings. The van der Waals surface area contributed by atoms with Crippen LogP contribution in [0.2, 0.25) is 0 Å². The lowest BCUT2D eigenvalue weighted by Crippen LogP contribution is -2.45. The molecule has 0 aromatic rings. The fraction of sp³-hybridized carbons (Fsp3) is 1.00. The molecule has 3 heteroatoms. The molecular formula is C10H20N2O. The second-order valence-electron chi connectivity index (χ2n) is 4.32. The fourth-order valence-corrected chi connectivity index (χ4v) is 2.29. The van der Waals surface area contributed by atoms with E-state index >= 15 is 0 Å². The summed E-state index contributed by atoms with van der Waals surface area (Å²) in [5.41, 5.74) is 5.80. The van der Waals surface area contributed by atoms with E-state index in [2.05, 4.69) is 11.9 Å². The molecule has 2 rings (SSSR count). The van der Waals surface area contributed by atoms with Gasteiger partial charge in [0.25, 0.3) is 0 Å². The second-order valence-corrected chi connectivity index (χ2v) is 4.32. The summed E-state index contributed by atoms with van der Waals surface area (Å²) in [6, 6.07) is 1.22. The Balaban J connectivity index is 1.88. The van der Waals surface area contributed by atoms with Crippen LogP contribution < -0.4 is 5.73 Å². The summed E-state index contributed by atoms with van der Waals surface area (Å²) in [7, 11) is 2.20. The maximum Gasteiger partial charge on any atom is 0.0622 e. The lowest BCUT2D eigenvalue weighted by Gasteiger charge is -2.31. The van der Waals surface area contributed by atoms with E-state index in [9.17, 15) is 0 Å². The summed E-state index contributed by atoms with van der Waals surface area (Å²) in [4.78, 5) is 2.45. The SMILES string of the molecule is CN(C1CCOC1)C(CN)C1CC1. The van der Waals surface area contributed by atoms with Crippen LogP contribution in [0.3, 0.4) is 0 Å². The number of ether oxygens (including phenoxy) is 1. The first-order chi connectivity index (χ1) is 6.33. The molecule has 1 aliphatic heterocycles. The van der Waals surface area contributed by atoms with Gasteiger partial charge < -0.3 is 10.5 Å². The van der Waals surface area contributed by atoms with Crippen LogP contribution >= 0.6 is 0 Å². The van der Waals surface area contributed by atoms with Crippen molar-refractivity contribution in [3.8, 4) is 0 Å². The highest BCUT2D eigenvalue weighted by Gasteiger charge is 2.36. The Labute approximate surface area is 80.2 Å². The third-order valence-corrected chi connectivity index (χ3v) is 3.41. The van der Waals surface area contributed by atoms with Crippen molar-refractivity contribution in [2.75, 3.05) is 26.8 Å². The summed E-state index contributed by atoms with van der Waals surface area (Å²) < 4.78 is 5.39. The Hall–Kier alpha value is -0.120. The number of rotatable bonds is 4. The molecule has 0 aromatic carbocycles. The first-order valence-corrected chi connectivity index (χ1v) is 5.32. The van der Waals surface area contributed by atoms with Crippen LogP contribution in [0.1, 0.15) is 19.3 Å². The zero-order chi connectivity index (χ0) is 9.26. The Morgan fingerprint density at radius 1 is 1.46 bits per heavy atom. The smallest absolute Gasteiger partial charge is 0.0622 e. The summed E-state index contributed by atoms with van der Waals surface area (Å²) in [6.45, 7) is 2.63. The third kappa shape index (κ3) is 2.03. The van der Waals surface area contributed by atoms with Crippen molar-refractivity contribution in [3.05, 3.63) is 0 Å². The second kappa shape index (κ2) is 3.95. The topological polar surface area (TPSA) is 38.5 Å². The van der Waals surface area contributed by atoms with Gasteiger partial charge >= 0.3 is 0 Å². The highest BCUT2D eigenvalue weighted by molar-refractivity contribution is 4.90. The van der Waals surface area contributed by atoms with Gasteiger partial charge in [0, 0.05) is 25.2 Å². The molecule has 2 atom stereocenters. The normalized spacial score (nSPS) is 31.2. The van der Waals surface area contributed by atoms with Crippen LogP contribution in [0.25, 0.3) is 0 Å². The molecular weight excluding hydrogens is 164 g/mol. The van der Waals surface area contributed by atoms with Crippen LogP contribution in [0, 0.1) is 5.92 Å².